The number of carbonyl (C=O) groups is 4. The second-order valence-corrected chi connectivity index (χ2v) is 20.1. The molecule has 0 spiro atoms. The van der Waals surface area contributed by atoms with E-state index in [1.54, 1.807) is 0 Å². The molecule has 3 saturated heterocycles. The number of imidazole rings is 1. The van der Waals surface area contributed by atoms with Crippen molar-refractivity contribution >= 4 is 76.3 Å². The van der Waals surface area contributed by atoms with Gasteiger partial charge in [-0.05, 0) is 25.7 Å². The van der Waals surface area contributed by atoms with Crippen molar-refractivity contribution in [3.8, 4) is 0 Å². The van der Waals surface area contributed by atoms with Crippen molar-refractivity contribution in [2.75, 3.05) is 37.7 Å². The first-order valence-corrected chi connectivity index (χ1v) is 24.7. The molecule has 32 heteroatoms. The summed E-state index contributed by atoms with van der Waals surface area (Å²) in [5.74, 6) is 0.241. The number of nitrogen functional groups attached to an aromatic ring is 1. The molecule has 2 aromatic heterocycles. The van der Waals surface area contributed by atoms with Crippen LogP contribution in [-0.4, -0.2) is 131 Å². The van der Waals surface area contributed by atoms with Gasteiger partial charge in [-0.15, -0.1) is 0 Å². The van der Waals surface area contributed by atoms with Crippen LogP contribution in [0.2, 0.25) is 0 Å². The number of urea groups is 1. The fourth-order valence-electron chi connectivity index (χ4n) is 6.93. The minimum atomic E-state index is -5.87. The molecule has 0 aliphatic carbocycles. The maximum absolute atomic E-state index is 12.9. The molecule has 13 N–H and O–H groups in total. The van der Waals surface area contributed by atoms with E-state index < -0.39 is 66.3 Å². The summed E-state index contributed by atoms with van der Waals surface area (Å²) >= 11 is 1.84. The van der Waals surface area contributed by atoms with Crippen LogP contribution >= 0.6 is 35.2 Å². The van der Waals surface area contributed by atoms with Crippen LogP contribution in [0.5, 0.6) is 0 Å². The number of H-pyrrole nitrogens is 1. The summed E-state index contributed by atoms with van der Waals surface area (Å²) in [5.41, 5.74) is 4.91. The Bertz CT molecular complexity index is 2160. The van der Waals surface area contributed by atoms with Crippen LogP contribution in [-0.2, 0) is 53.0 Å². The molecule has 62 heavy (non-hydrogen) atoms. The number of aliphatic hydroxyl groups excluding tert-OH is 1. The average molecular weight is 964 g/mol. The van der Waals surface area contributed by atoms with E-state index in [0.717, 1.165) is 29.6 Å². The highest BCUT2D eigenvalue weighted by molar-refractivity contribution is 8.00. The molecule has 348 valence electrons. The van der Waals surface area contributed by atoms with Crippen molar-refractivity contribution in [1.29, 1.82) is 0 Å². The second kappa shape index (κ2) is 21.3. The molecule has 3 fully saturated rings. The van der Waals surface area contributed by atoms with Crippen molar-refractivity contribution < 1.29 is 84.7 Å². The summed E-state index contributed by atoms with van der Waals surface area (Å²) in [7, 11) is -15.7. The fraction of sp³-hybridized carbons (Fsp3) is 0.700. The molecular weight excluding hydrogens is 913 g/mol. The van der Waals surface area contributed by atoms with Gasteiger partial charge in [-0.1, -0.05) is 17.8 Å². The fourth-order valence-corrected chi connectivity index (χ4v) is 11.5. The number of alkyl carbamates (subject to hydrolysis) is 1. The number of aromatic amines is 1. The molecule has 28 nitrogen and oxygen atoms in total. The third-order valence-corrected chi connectivity index (χ3v) is 14.9. The summed E-state index contributed by atoms with van der Waals surface area (Å²) in [6.07, 6.45) is -1.55. The number of thioether (sulfide) groups is 1. The van der Waals surface area contributed by atoms with E-state index in [1.165, 1.54) is 17.9 Å². The number of phosphoric acid groups is 3. The average Bonchev–Trinajstić information content (AvgIpc) is 3.89. The van der Waals surface area contributed by atoms with Crippen LogP contribution in [0.3, 0.4) is 0 Å². The van der Waals surface area contributed by atoms with Gasteiger partial charge < -0.3 is 66.5 Å². The number of nitrogens with two attached hydrogens (primary N) is 1. The Balaban J connectivity index is 1.02. The van der Waals surface area contributed by atoms with Crippen molar-refractivity contribution in [1.82, 2.24) is 41.1 Å². The van der Waals surface area contributed by atoms with Crippen LogP contribution in [0, 0.1) is 0 Å². The van der Waals surface area contributed by atoms with Gasteiger partial charge in [0.25, 0.3) is 11.5 Å². The number of nitrogens with one attached hydrogen (secondary N) is 6. The molecule has 0 saturated carbocycles. The second-order valence-electron chi connectivity index (χ2n) is 14.4. The van der Waals surface area contributed by atoms with Gasteiger partial charge in [-0.3, -0.25) is 28.5 Å². The normalized spacial score (nSPS) is 25.3. The third-order valence-electron chi connectivity index (χ3n) is 9.64. The molecule has 0 aromatic carbocycles. The summed E-state index contributed by atoms with van der Waals surface area (Å²) < 4.78 is 60.7. The minimum absolute atomic E-state index is 0.0178. The number of rotatable bonds is 23. The molecule has 2 aromatic rings. The summed E-state index contributed by atoms with van der Waals surface area (Å²) in [6, 6.07) is 0.197. The molecule has 2 unspecified atom stereocenters. The van der Waals surface area contributed by atoms with Gasteiger partial charge >= 0.3 is 41.2 Å². The maximum atomic E-state index is 12.9. The standard InChI is InChI=1S/C30H49N10O18P3S/c1-39-15-40(25-22(39)26(44)38-28(31)37-25)27-24(23(43)17(55-27)13-54-60(50,51)58-61(52,53)57-59(47,48)49)56-30(46)34-12-11-33-20(42)8-3-2-6-10-32-19(41)9-5-4-7-18-21-16(14-62-18)35-29(45)36-21/h15-18,21,23-24,27,43H,2-14H2,1H3,(H11-,31,32,33,34,35,36,37,38,41,42,44,45,46,47,48,49,50,51,52,53)/p+1/t16-,17+,18-,21-,23+,24+,27+/m0/s1. The van der Waals surface area contributed by atoms with Gasteiger partial charge in [-0.25, -0.2) is 27.9 Å². The van der Waals surface area contributed by atoms with E-state index in [9.17, 15) is 52.6 Å². The lowest BCUT2D eigenvalue weighted by Crippen LogP contribution is -2.49. The van der Waals surface area contributed by atoms with Gasteiger partial charge in [0.05, 0.1) is 25.7 Å². The predicted molar refractivity (Wildman–Crippen MR) is 212 cm³/mol. The number of aryl methyl sites for hydroxylation is 1. The molecule has 0 bridgehead atoms. The number of aromatic nitrogens is 4. The topological polar surface area (TPSA) is 408 Å². The van der Waals surface area contributed by atoms with E-state index in [0.29, 0.717) is 37.5 Å². The molecular formula is C30H50N10O18P3S+. The van der Waals surface area contributed by atoms with Gasteiger partial charge in [0.15, 0.2) is 12.4 Å². The number of fused-ring (bicyclic) bond motifs is 2. The van der Waals surface area contributed by atoms with Crippen LogP contribution in [0.15, 0.2) is 11.1 Å². The van der Waals surface area contributed by atoms with Crippen molar-refractivity contribution in [2.24, 2.45) is 7.05 Å². The van der Waals surface area contributed by atoms with E-state index in [4.69, 9.17) is 25.0 Å². The van der Waals surface area contributed by atoms with Crippen molar-refractivity contribution in [2.45, 2.75) is 93.2 Å². The zero-order valence-electron chi connectivity index (χ0n) is 33.0. The van der Waals surface area contributed by atoms with E-state index in [1.807, 2.05) is 11.8 Å². The van der Waals surface area contributed by atoms with Gasteiger partial charge in [0, 0.05) is 43.5 Å². The Morgan fingerprint density at radius 3 is 2.35 bits per heavy atom. The van der Waals surface area contributed by atoms with Gasteiger partial charge in [-0.2, -0.15) is 20.4 Å². The maximum Gasteiger partial charge on any atom is 0.490 e. The van der Waals surface area contributed by atoms with Crippen LogP contribution in [0.1, 0.15) is 57.6 Å². The Hall–Kier alpha value is -3.69. The lowest BCUT2D eigenvalue weighted by molar-refractivity contribution is -0.745. The Labute approximate surface area is 356 Å². The highest BCUT2D eigenvalue weighted by atomic mass is 32.2. The van der Waals surface area contributed by atoms with Crippen LogP contribution < -0.4 is 42.4 Å². The minimum Gasteiger partial charge on any atom is -0.437 e. The Morgan fingerprint density at radius 1 is 0.968 bits per heavy atom. The third kappa shape index (κ3) is 14.2. The number of aliphatic hydroxyl groups is 1. The number of hydrogen-bond acceptors (Lipinski definition) is 17. The van der Waals surface area contributed by atoms with Crippen LogP contribution in [0.4, 0.5) is 15.5 Å². The Morgan fingerprint density at radius 2 is 1.65 bits per heavy atom. The first kappa shape index (κ1) is 49.3. The van der Waals surface area contributed by atoms with E-state index in [-0.39, 0.29) is 66.6 Å². The number of amides is 5. The highest BCUT2D eigenvalue weighted by Crippen LogP contribution is 2.66. The van der Waals surface area contributed by atoms with Gasteiger partial charge in [0.1, 0.15) is 12.2 Å². The monoisotopic (exact) mass is 963 g/mol. The zero-order chi connectivity index (χ0) is 45.4. The predicted octanol–water partition coefficient (Wildman–Crippen LogP) is -1.65. The number of anilines is 1. The quantitative estimate of drug-likeness (QED) is 0.0257. The summed E-state index contributed by atoms with van der Waals surface area (Å²) in [4.78, 5) is 105. The molecule has 0 radical (unpaired) electrons. The molecule has 5 amide bonds. The highest BCUT2D eigenvalue weighted by Gasteiger charge is 2.52. The number of nitrogens with zero attached hydrogens (tertiary/aromatic N) is 3. The summed E-state index contributed by atoms with van der Waals surface area (Å²) in [5, 5.41) is 25.3. The largest absolute Gasteiger partial charge is 0.490 e. The van der Waals surface area contributed by atoms with Gasteiger partial charge in [0.2, 0.25) is 23.6 Å². The van der Waals surface area contributed by atoms with Crippen molar-refractivity contribution in [3.63, 3.8) is 0 Å². The number of carbonyl (C=O) groups excluding carboxylic acids is 4. The van der Waals surface area contributed by atoms with Crippen molar-refractivity contribution in [3.05, 3.63) is 16.7 Å². The van der Waals surface area contributed by atoms with E-state index in [2.05, 4.69) is 49.7 Å². The molecule has 3 aliphatic heterocycles. The first-order valence-electron chi connectivity index (χ1n) is 19.2. The number of phosphoric ester groups is 1. The SMILES string of the molecule is Cn1c[n+]([C@@H]2O[C@H](COP(=O)(O)OP(=O)(O)OP(=O)(O)O)[C@@H](O)[C@H]2OC(=O)NCCNC(=O)CCCCCNC(=O)CCCC[C@@H]2SC[C@@H]3NC(=O)N[C@@H]32)c2nc(N)[nH]c(=O)c21. The molecule has 3 aliphatic rings. The molecule has 5 rings (SSSR count). The lowest BCUT2D eigenvalue weighted by atomic mass is 10.0. The first-order chi connectivity index (χ1) is 29.1. The summed E-state index contributed by atoms with van der Waals surface area (Å²) in [6.45, 7) is -0.793. The Kier molecular flexibility index (Phi) is 17.0. The smallest absolute Gasteiger partial charge is 0.437 e. The molecule has 5 heterocycles. The zero-order valence-corrected chi connectivity index (χ0v) is 36.5. The number of hydrogen-bond donors (Lipinski definition) is 12. The lowest BCUT2D eigenvalue weighted by Gasteiger charge is -2.20. The molecule has 9 atom stereocenters. The van der Waals surface area contributed by atoms with Crippen LogP contribution in [0.25, 0.3) is 11.2 Å². The van der Waals surface area contributed by atoms with E-state index >= 15 is 0 Å². The number of ether oxygens (including phenoxy) is 2. The number of unbranched alkanes of at least 4 members (excludes halogenated alkanes) is 3.